The maximum atomic E-state index is 12.0. The maximum absolute atomic E-state index is 12.0. The van der Waals surface area contributed by atoms with E-state index in [2.05, 4.69) is 26.2 Å². The molecule has 6 heteroatoms. The second-order valence-electron chi connectivity index (χ2n) is 4.30. The van der Waals surface area contributed by atoms with Crippen LogP contribution in [0.3, 0.4) is 0 Å². The fourth-order valence-corrected chi connectivity index (χ4v) is 2.18. The van der Waals surface area contributed by atoms with Gasteiger partial charge in [-0.15, -0.1) is 0 Å². The molecule has 0 radical (unpaired) electrons. The summed E-state index contributed by atoms with van der Waals surface area (Å²) in [6.07, 6.45) is 1.49. The minimum atomic E-state index is -0.175. The fraction of sp³-hybridized carbons (Fsp3) is 0.214. The normalized spacial score (nSPS) is 10.3. The van der Waals surface area contributed by atoms with E-state index < -0.39 is 0 Å². The SMILES string of the molecule is Cc1cc(=O)n(CCNC(=O)c2ccccc2Br)cn1. The first-order valence-electron chi connectivity index (χ1n) is 6.14. The summed E-state index contributed by atoms with van der Waals surface area (Å²) in [6, 6.07) is 8.66. The third kappa shape index (κ3) is 3.54. The molecule has 0 bridgehead atoms. The summed E-state index contributed by atoms with van der Waals surface area (Å²) >= 11 is 3.33. The zero-order chi connectivity index (χ0) is 14.5. The molecule has 0 aliphatic heterocycles. The molecule has 1 aromatic carbocycles. The smallest absolute Gasteiger partial charge is 0.253 e. The summed E-state index contributed by atoms with van der Waals surface area (Å²) in [5.74, 6) is -0.175. The Kier molecular flexibility index (Phi) is 4.68. The molecule has 2 aromatic rings. The van der Waals surface area contributed by atoms with Gasteiger partial charge in [-0.3, -0.25) is 14.2 Å². The van der Waals surface area contributed by atoms with Crippen LogP contribution in [-0.4, -0.2) is 22.0 Å². The number of nitrogens with zero attached hydrogens (tertiary/aromatic N) is 2. The molecule has 0 spiro atoms. The van der Waals surface area contributed by atoms with Gasteiger partial charge in [-0.1, -0.05) is 12.1 Å². The predicted octanol–water partition coefficient (Wildman–Crippen LogP) is 1.74. The van der Waals surface area contributed by atoms with Gasteiger partial charge in [0.2, 0.25) is 0 Å². The monoisotopic (exact) mass is 335 g/mol. The number of aromatic nitrogens is 2. The number of hydrogen-bond donors (Lipinski definition) is 1. The van der Waals surface area contributed by atoms with E-state index in [1.807, 2.05) is 12.1 Å². The second kappa shape index (κ2) is 6.47. The molecule has 104 valence electrons. The van der Waals surface area contributed by atoms with Crippen molar-refractivity contribution in [3.8, 4) is 0 Å². The van der Waals surface area contributed by atoms with Gasteiger partial charge in [0.15, 0.2) is 0 Å². The number of aryl methyl sites for hydroxylation is 1. The van der Waals surface area contributed by atoms with Crippen molar-refractivity contribution in [2.24, 2.45) is 0 Å². The number of hydrogen-bond acceptors (Lipinski definition) is 3. The van der Waals surface area contributed by atoms with Crippen LogP contribution in [-0.2, 0) is 6.54 Å². The number of amides is 1. The summed E-state index contributed by atoms with van der Waals surface area (Å²) in [4.78, 5) is 27.6. The molecule has 0 saturated carbocycles. The number of carbonyl (C=O) groups excluding carboxylic acids is 1. The highest BCUT2D eigenvalue weighted by atomic mass is 79.9. The van der Waals surface area contributed by atoms with Gasteiger partial charge in [-0.2, -0.15) is 0 Å². The van der Waals surface area contributed by atoms with Crippen molar-refractivity contribution in [2.75, 3.05) is 6.54 Å². The molecule has 1 aromatic heterocycles. The highest BCUT2D eigenvalue weighted by Gasteiger charge is 2.08. The van der Waals surface area contributed by atoms with Gasteiger partial charge in [0, 0.05) is 29.3 Å². The molecular weight excluding hydrogens is 322 g/mol. The zero-order valence-corrected chi connectivity index (χ0v) is 12.6. The first-order chi connectivity index (χ1) is 9.58. The number of benzene rings is 1. The molecular formula is C14H14BrN3O2. The van der Waals surface area contributed by atoms with Gasteiger partial charge in [0.05, 0.1) is 11.9 Å². The van der Waals surface area contributed by atoms with Gasteiger partial charge < -0.3 is 5.32 Å². The number of nitrogens with one attached hydrogen (secondary N) is 1. The zero-order valence-electron chi connectivity index (χ0n) is 11.0. The van der Waals surface area contributed by atoms with Crippen LogP contribution >= 0.6 is 15.9 Å². The first kappa shape index (κ1) is 14.5. The van der Waals surface area contributed by atoms with Gasteiger partial charge in [-0.25, -0.2) is 4.98 Å². The van der Waals surface area contributed by atoms with Gasteiger partial charge in [0.1, 0.15) is 0 Å². The molecule has 0 aliphatic carbocycles. The summed E-state index contributed by atoms with van der Waals surface area (Å²) in [6.45, 7) is 2.52. The molecule has 5 nitrogen and oxygen atoms in total. The fourth-order valence-electron chi connectivity index (χ4n) is 1.71. The average molecular weight is 336 g/mol. The topological polar surface area (TPSA) is 64.0 Å². The lowest BCUT2D eigenvalue weighted by Crippen LogP contribution is -2.31. The van der Waals surface area contributed by atoms with Crippen LogP contribution in [0.2, 0.25) is 0 Å². The van der Waals surface area contributed by atoms with E-state index >= 15 is 0 Å². The lowest BCUT2D eigenvalue weighted by Gasteiger charge is -2.08. The van der Waals surface area contributed by atoms with Crippen molar-refractivity contribution in [2.45, 2.75) is 13.5 Å². The van der Waals surface area contributed by atoms with Crippen LogP contribution < -0.4 is 10.9 Å². The molecule has 1 heterocycles. The third-order valence-electron chi connectivity index (χ3n) is 2.77. The highest BCUT2D eigenvalue weighted by molar-refractivity contribution is 9.10. The standard InChI is InChI=1S/C14H14BrN3O2/c1-10-8-13(19)18(9-17-10)7-6-16-14(20)11-4-2-3-5-12(11)15/h2-5,8-9H,6-7H2,1H3,(H,16,20). The average Bonchev–Trinajstić information content (AvgIpc) is 2.41. The maximum Gasteiger partial charge on any atom is 0.253 e. The Bertz CT molecular complexity index is 682. The Balaban J connectivity index is 1.95. The van der Waals surface area contributed by atoms with Gasteiger partial charge in [-0.05, 0) is 35.0 Å². The summed E-state index contributed by atoms with van der Waals surface area (Å²) < 4.78 is 2.21. The van der Waals surface area contributed by atoms with E-state index in [1.165, 1.54) is 17.0 Å². The highest BCUT2D eigenvalue weighted by Crippen LogP contribution is 2.15. The van der Waals surface area contributed by atoms with Crippen molar-refractivity contribution in [3.05, 3.63) is 62.7 Å². The molecule has 1 amide bonds. The van der Waals surface area contributed by atoms with Crippen molar-refractivity contribution in [1.29, 1.82) is 0 Å². The summed E-state index contributed by atoms with van der Waals surface area (Å²) in [5, 5.41) is 2.77. The Morgan fingerprint density at radius 2 is 2.15 bits per heavy atom. The molecule has 0 unspecified atom stereocenters. The predicted molar refractivity (Wildman–Crippen MR) is 79.7 cm³/mol. The quantitative estimate of drug-likeness (QED) is 0.925. The molecule has 0 saturated heterocycles. The number of halogens is 1. The van der Waals surface area contributed by atoms with E-state index in [-0.39, 0.29) is 11.5 Å². The third-order valence-corrected chi connectivity index (χ3v) is 3.46. The Hall–Kier alpha value is -1.95. The van der Waals surface area contributed by atoms with E-state index in [9.17, 15) is 9.59 Å². The van der Waals surface area contributed by atoms with Crippen molar-refractivity contribution in [1.82, 2.24) is 14.9 Å². The van der Waals surface area contributed by atoms with Gasteiger partial charge in [0.25, 0.3) is 11.5 Å². The van der Waals surface area contributed by atoms with Crippen molar-refractivity contribution < 1.29 is 4.79 Å². The number of rotatable bonds is 4. The van der Waals surface area contributed by atoms with Crippen LogP contribution in [0, 0.1) is 6.92 Å². The first-order valence-corrected chi connectivity index (χ1v) is 6.93. The van der Waals surface area contributed by atoms with Crippen molar-refractivity contribution >= 4 is 21.8 Å². The lowest BCUT2D eigenvalue weighted by molar-refractivity contribution is 0.0951. The minimum Gasteiger partial charge on any atom is -0.350 e. The molecule has 0 atom stereocenters. The summed E-state index contributed by atoms with van der Waals surface area (Å²) in [7, 11) is 0. The minimum absolute atomic E-state index is 0.118. The Morgan fingerprint density at radius 1 is 1.40 bits per heavy atom. The van der Waals surface area contributed by atoms with Crippen LogP contribution in [0.5, 0.6) is 0 Å². The van der Waals surface area contributed by atoms with E-state index in [1.54, 1.807) is 19.1 Å². The van der Waals surface area contributed by atoms with E-state index in [0.29, 0.717) is 24.3 Å². The molecule has 2 rings (SSSR count). The van der Waals surface area contributed by atoms with Crippen LogP contribution in [0.25, 0.3) is 0 Å². The second-order valence-corrected chi connectivity index (χ2v) is 5.15. The van der Waals surface area contributed by atoms with Crippen molar-refractivity contribution in [3.63, 3.8) is 0 Å². The molecule has 20 heavy (non-hydrogen) atoms. The molecule has 1 N–H and O–H groups in total. The Labute approximate surface area is 124 Å². The van der Waals surface area contributed by atoms with Gasteiger partial charge >= 0.3 is 0 Å². The summed E-state index contributed by atoms with van der Waals surface area (Å²) in [5.41, 5.74) is 1.14. The lowest BCUT2D eigenvalue weighted by atomic mass is 10.2. The molecule has 0 aliphatic rings. The largest absolute Gasteiger partial charge is 0.350 e. The van der Waals surface area contributed by atoms with E-state index in [0.717, 1.165) is 4.47 Å². The Morgan fingerprint density at radius 3 is 2.85 bits per heavy atom. The van der Waals surface area contributed by atoms with Crippen LogP contribution in [0.4, 0.5) is 0 Å². The van der Waals surface area contributed by atoms with E-state index in [4.69, 9.17) is 0 Å². The van der Waals surface area contributed by atoms with Crippen LogP contribution in [0.15, 0.2) is 45.9 Å². The van der Waals surface area contributed by atoms with Crippen LogP contribution in [0.1, 0.15) is 16.1 Å². The molecule has 0 fully saturated rings. The number of carbonyl (C=O) groups is 1.